The molecule has 1 heterocycles. The molecule has 2 aliphatic rings. The maximum Gasteiger partial charge on any atom is 0.407 e. The lowest BCUT2D eigenvalue weighted by molar-refractivity contribution is 0.106. The van der Waals surface area contributed by atoms with Crippen LogP contribution in [0, 0.1) is 5.92 Å². The second-order valence-electron chi connectivity index (χ2n) is 5.60. The van der Waals surface area contributed by atoms with Gasteiger partial charge in [0.05, 0.1) is 0 Å². The van der Waals surface area contributed by atoms with Crippen LogP contribution in [-0.2, 0) is 0 Å². The first kappa shape index (κ1) is 12.7. The zero-order valence-electron chi connectivity index (χ0n) is 10.7. The maximum atomic E-state index is 10.9. The van der Waals surface area contributed by atoms with E-state index < -0.39 is 6.09 Å². The van der Waals surface area contributed by atoms with Crippen molar-refractivity contribution in [3.63, 3.8) is 0 Å². The van der Waals surface area contributed by atoms with Crippen LogP contribution in [0.2, 0.25) is 0 Å². The average molecular weight is 240 g/mol. The monoisotopic (exact) mass is 240 g/mol. The van der Waals surface area contributed by atoms with Gasteiger partial charge in [0.25, 0.3) is 0 Å². The highest BCUT2D eigenvalue weighted by molar-refractivity contribution is 5.65. The fraction of sp³-hybridized carbons (Fsp3) is 0.923. The van der Waals surface area contributed by atoms with Gasteiger partial charge >= 0.3 is 6.09 Å². The highest BCUT2D eigenvalue weighted by atomic mass is 16.4. The lowest BCUT2D eigenvalue weighted by atomic mass is 9.90. The van der Waals surface area contributed by atoms with Crippen LogP contribution in [-0.4, -0.2) is 41.3 Å². The quantitative estimate of drug-likeness (QED) is 0.778. The number of nitrogens with one attached hydrogen (secondary N) is 1. The van der Waals surface area contributed by atoms with Crippen molar-refractivity contribution < 1.29 is 9.90 Å². The summed E-state index contributed by atoms with van der Waals surface area (Å²) in [6.45, 7) is 3.53. The molecule has 4 nitrogen and oxygen atoms in total. The molecule has 1 aliphatic heterocycles. The van der Waals surface area contributed by atoms with E-state index in [4.69, 9.17) is 5.11 Å². The minimum Gasteiger partial charge on any atom is -0.465 e. The van der Waals surface area contributed by atoms with E-state index in [1.165, 1.54) is 32.1 Å². The molecule has 0 aromatic carbocycles. The molecule has 1 saturated carbocycles. The van der Waals surface area contributed by atoms with Crippen molar-refractivity contribution in [2.24, 2.45) is 5.92 Å². The van der Waals surface area contributed by atoms with Gasteiger partial charge in [-0.3, -0.25) is 0 Å². The van der Waals surface area contributed by atoms with E-state index in [-0.39, 0.29) is 0 Å². The highest BCUT2D eigenvalue weighted by Crippen LogP contribution is 2.22. The number of piperidine rings is 1. The molecule has 0 radical (unpaired) electrons. The zero-order valence-corrected chi connectivity index (χ0v) is 10.7. The predicted octanol–water partition coefficient (Wildman–Crippen LogP) is 2.30. The summed E-state index contributed by atoms with van der Waals surface area (Å²) < 4.78 is 0. The van der Waals surface area contributed by atoms with Crippen molar-refractivity contribution in [2.45, 2.75) is 57.5 Å². The van der Waals surface area contributed by atoms with E-state index in [1.54, 1.807) is 4.90 Å². The zero-order chi connectivity index (χ0) is 12.3. The van der Waals surface area contributed by atoms with Crippen LogP contribution < -0.4 is 5.32 Å². The minimum absolute atomic E-state index is 0.432. The third-order valence-corrected chi connectivity index (χ3v) is 4.23. The molecule has 1 aliphatic carbocycles. The summed E-state index contributed by atoms with van der Waals surface area (Å²) in [5, 5.41) is 12.7. The largest absolute Gasteiger partial charge is 0.465 e. The van der Waals surface area contributed by atoms with E-state index >= 15 is 0 Å². The van der Waals surface area contributed by atoms with Crippen molar-refractivity contribution in [3.05, 3.63) is 0 Å². The van der Waals surface area contributed by atoms with Gasteiger partial charge in [0, 0.05) is 25.2 Å². The molecule has 17 heavy (non-hydrogen) atoms. The molecular weight excluding hydrogens is 216 g/mol. The number of nitrogens with zero attached hydrogens (tertiary/aromatic N) is 1. The fourth-order valence-corrected chi connectivity index (χ4v) is 3.14. The molecule has 2 atom stereocenters. The number of hydrogen-bond donors (Lipinski definition) is 2. The van der Waals surface area contributed by atoms with Gasteiger partial charge < -0.3 is 15.3 Å². The number of carbonyl (C=O) groups is 1. The van der Waals surface area contributed by atoms with Crippen LogP contribution in [0.4, 0.5) is 4.79 Å². The van der Waals surface area contributed by atoms with Crippen LogP contribution in [0.25, 0.3) is 0 Å². The van der Waals surface area contributed by atoms with Crippen molar-refractivity contribution in [1.82, 2.24) is 10.2 Å². The van der Waals surface area contributed by atoms with E-state index in [2.05, 4.69) is 12.2 Å². The van der Waals surface area contributed by atoms with Crippen LogP contribution >= 0.6 is 0 Å². The van der Waals surface area contributed by atoms with Gasteiger partial charge in [0.1, 0.15) is 0 Å². The molecule has 2 fully saturated rings. The summed E-state index contributed by atoms with van der Waals surface area (Å²) in [5.74, 6) is 0.432. The SMILES string of the molecule is C[C@@H]1CN(C(=O)O)CC[C@H]1NC1CCCCC1. The van der Waals surface area contributed by atoms with Gasteiger partial charge in [-0.05, 0) is 25.2 Å². The number of amides is 1. The number of likely N-dealkylation sites (tertiary alicyclic amines) is 1. The van der Waals surface area contributed by atoms with Gasteiger partial charge in [-0.25, -0.2) is 4.79 Å². The van der Waals surface area contributed by atoms with Gasteiger partial charge in [0.2, 0.25) is 0 Å². The molecule has 4 heteroatoms. The van der Waals surface area contributed by atoms with Crippen molar-refractivity contribution in [1.29, 1.82) is 0 Å². The lowest BCUT2D eigenvalue weighted by Crippen LogP contribution is -2.52. The van der Waals surface area contributed by atoms with Gasteiger partial charge in [-0.2, -0.15) is 0 Å². The van der Waals surface area contributed by atoms with Crippen LogP contribution in [0.5, 0.6) is 0 Å². The Morgan fingerprint density at radius 3 is 2.53 bits per heavy atom. The molecule has 1 amide bonds. The standard InChI is InChI=1S/C13H24N2O2/c1-10-9-15(13(16)17)8-7-12(10)14-11-5-3-2-4-6-11/h10-12,14H,2-9H2,1H3,(H,16,17)/t10-,12-/m1/s1. The predicted molar refractivity (Wildman–Crippen MR) is 67.2 cm³/mol. The Balaban J connectivity index is 1.80. The van der Waals surface area contributed by atoms with Crippen molar-refractivity contribution in [3.8, 4) is 0 Å². The van der Waals surface area contributed by atoms with Crippen LogP contribution in [0.1, 0.15) is 45.4 Å². The highest BCUT2D eigenvalue weighted by Gasteiger charge is 2.29. The van der Waals surface area contributed by atoms with Gasteiger partial charge in [0.15, 0.2) is 0 Å². The lowest BCUT2D eigenvalue weighted by Gasteiger charge is -2.38. The molecule has 2 rings (SSSR count). The molecule has 0 unspecified atom stereocenters. The Bertz CT molecular complexity index is 264. The molecule has 0 bridgehead atoms. The number of carboxylic acid groups (broad SMARTS) is 1. The van der Waals surface area contributed by atoms with Gasteiger partial charge in [-0.15, -0.1) is 0 Å². The maximum absolute atomic E-state index is 10.9. The van der Waals surface area contributed by atoms with Crippen molar-refractivity contribution >= 4 is 6.09 Å². The summed E-state index contributed by atoms with van der Waals surface area (Å²) in [6.07, 6.45) is 6.86. The summed E-state index contributed by atoms with van der Waals surface area (Å²) in [7, 11) is 0. The number of rotatable bonds is 2. The first-order valence-corrected chi connectivity index (χ1v) is 6.90. The minimum atomic E-state index is -0.770. The molecule has 0 aromatic heterocycles. The molecule has 1 saturated heterocycles. The van der Waals surface area contributed by atoms with E-state index in [1.807, 2.05) is 0 Å². The topological polar surface area (TPSA) is 52.6 Å². The Labute approximate surface area is 103 Å². The fourth-order valence-electron chi connectivity index (χ4n) is 3.14. The van der Waals surface area contributed by atoms with Crippen LogP contribution in [0.15, 0.2) is 0 Å². The second-order valence-corrected chi connectivity index (χ2v) is 5.60. The first-order valence-electron chi connectivity index (χ1n) is 6.90. The Morgan fingerprint density at radius 1 is 1.24 bits per heavy atom. The molecule has 2 N–H and O–H groups in total. The Hall–Kier alpha value is -0.770. The summed E-state index contributed by atoms with van der Waals surface area (Å²) >= 11 is 0. The molecule has 98 valence electrons. The van der Waals surface area contributed by atoms with Crippen molar-refractivity contribution in [2.75, 3.05) is 13.1 Å². The Morgan fingerprint density at radius 2 is 1.94 bits per heavy atom. The second kappa shape index (κ2) is 5.71. The third-order valence-electron chi connectivity index (χ3n) is 4.23. The molecule has 0 aromatic rings. The molecular formula is C13H24N2O2. The summed E-state index contributed by atoms with van der Waals surface area (Å²) in [4.78, 5) is 12.4. The summed E-state index contributed by atoms with van der Waals surface area (Å²) in [6, 6.07) is 1.18. The third kappa shape index (κ3) is 3.35. The summed E-state index contributed by atoms with van der Waals surface area (Å²) in [5.41, 5.74) is 0. The van der Waals surface area contributed by atoms with E-state index in [9.17, 15) is 4.79 Å². The number of hydrogen-bond acceptors (Lipinski definition) is 2. The van der Waals surface area contributed by atoms with Crippen LogP contribution in [0.3, 0.4) is 0 Å². The van der Waals surface area contributed by atoms with E-state index in [0.29, 0.717) is 31.1 Å². The first-order chi connectivity index (χ1) is 8.16. The Kier molecular flexibility index (Phi) is 4.26. The average Bonchev–Trinajstić information content (AvgIpc) is 2.33. The van der Waals surface area contributed by atoms with E-state index in [0.717, 1.165) is 6.42 Å². The smallest absolute Gasteiger partial charge is 0.407 e. The van der Waals surface area contributed by atoms with Gasteiger partial charge in [-0.1, -0.05) is 26.2 Å². The molecule has 0 spiro atoms. The normalized spacial score (nSPS) is 31.5.